The second-order valence-electron chi connectivity index (χ2n) is 7.45. The first-order chi connectivity index (χ1) is 13.4. The van der Waals surface area contributed by atoms with E-state index < -0.39 is 19.9 Å². The molecule has 0 N–H and O–H groups in total. The molecule has 3 aliphatic rings. The van der Waals surface area contributed by atoms with Crippen molar-refractivity contribution >= 4 is 25.7 Å². The molecular formula is C17H26N4O5S2. The summed E-state index contributed by atoms with van der Waals surface area (Å²) in [6.07, 6.45) is 2.14. The number of piperazine rings is 1. The van der Waals surface area contributed by atoms with Gasteiger partial charge >= 0.3 is 0 Å². The van der Waals surface area contributed by atoms with Gasteiger partial charge in [0.1, 0.15) is 10.7 Å². The number of hydrogen-bond acceptors (Lipinski definition) is 8. The Morgan fingerprint density at radius 3 is 2.32 bits per heavy atom. The molecule has 1 aromatic heterocycles. The van der Waals surface area contributed by atoms with Crippen LogP contribution in [0.1, 0.15) is 6.42 Å². The predicted molar refractivity (Wildman–Crippen MR) is 105 cm³/mol. The van der Waals surface area contributed by atoms with Crippen molar-refractivity contribution in [2.24, 2.45) is 0 Å². The fourth-order valence-electron chi connectivity index (χ4n) is 4.03. The summed E-state index contributed by atoms with van der Waals surface area (Å²) in [5.74, 6) is 1.30. The van der Waals surface area contributed by atoms with Crippen LogP contribution >= 0.6 is 0 Å². The first-order valence-electron chi connectivity index (χ1n) is 9.58. The van der Waals surface area contributed by atoms with Gasteiger partial charge in [-0.1, -0.05) is 0 Å². The number of anilines is 1. The van der Waals surface area contributed by atoms with Crippen LogP contribution in [0, 0.1) is 0 Å². The van der Waals surface area contributed by atoms with Gasteiger partial charge in [-0.25, -0.2) is 21.8 Å². The molecule has 9 nitrogen and oxygen atoms in total. The third-order valence-corrected chi connectivity index (χ3v) is 9.32. The van der Waals surface area contributed by atoms with E-state index in [2.05, 4.69) is 14.8 Å². The highest BCUT2D eigenvalue weighted by Crippen LogP contribution is 2.23. The van der Waals surface area contributed by atoms with Crippen LogP contribution in [0.2, 0.25) is 0 Å². The molecule has 0 radical (unpaired) electrons. The number of rotatable bonds is 4. The van der Waals surface area contributed by atoms with Gasteiger partial charge in [0.2, 0.25) is 10.0 Å². The monoisotopic (exact) mass is 430 g/mol. The fraction of sp³-hybridized carbons (Fsp3) is 0.706. The first-order valence-corrected chi connectivity index (χ1v) is 12.8. The van der Waals surface area contributed by atoms with Crippen LogP contribution < -0.4 is 4.90 Å². The Hall–Kier alpha value is -1.27. The molecule has 0 spiro atoms. The molecule has 1 aromatic rings. The largest absolute Gasteiger partial charge is 0.379 e. The van der Waals surface area contributed by atoms with Crippen LogP contribution in [0.25, 0.3) is 0 Å². The van der Waals surface area contributed by atoms with Gasteiger partial charge in [0.15, 0.2) is 9.84 Å². The quantitative estimate of drug-likeness (QED) is 0.625. The molecule has 1 unspecified atom stereocenters. The molecule has 1 atom stereocenters. The summed E-state index contributed by atoms with van der Waals surface area (Å²) in [4.78, 5) is 8.95. The minimum Gasteiger partial charge on any atom is -0.379 e. The lowest BCUT2D eigenvalue weighted by Gasteiger charge is -2.38. The third-order valence-electron chi connectivity index (χ3n) is 5.69. The molecule has 0 aliphatic carbocycles. The van der Waals surface area contributed by atoms with Crippen LogP contribution in [0.15, 0.2) is 23.2 Å². The van der Waals surface area contributed by atoms with Crippen molar-refractivity contribution < 1.29 is 21.6 Å². The van der Waals surface area contributed by atoms with E-state index in [4.69, 9.17) is 4.74 Å². The molecule has 156 valence electrons. The van der Waals surface area contributed by atoms with Gasteiger partial charge in [0.05, 0.1) is 24.7 Å². The van der Waals surface area contributed by atoms with Crippen LogP contribution in [-0.4, -0.2) is 101 Å². The molecule has 0 saturated carbocycles. The highest BCUT2D eigenvalue weighted by atomic mass is 32.2. The van der Waals surface area contributed by atoms with Gasteiger partial charge in [-0.3, -0.25) is 4.90 Å². The molecule has 3 saturated heterocycles. The summed E-state index contributed by atoms with van der Waals surface area (Å²) in [5, 5.41) is 0. The number of aromatic nitrogens is 1. The van der Waals surface area contributed by atoms with E-state index in [-0.39, 0.29) is 16.7 Å². The second-order valence-corrected chi connectivity index (χ2v) is 11.6. The Morgan fingerprint density at radius 2 is 1.75 bits per heavy atom. The van der Waals surface area contributed by atoms with Crippen LogP contribution in [0.3, 0.4) is 0 Å². The molecule has 4 rings (SSSR count). The zero-order valence-corrected chi connectivity index (χ0v) is 17.4. The summed E-state index contributed by atoms with van der Waals surface area (Å²) >= 11 is 0. The van der Waals surface area contributed by atoms with Crippen LogP contribution in [-0.2, 0) is 24.6 Å². The SMILES string of the molecule is O=S1(=O)CCC(N2CCN(c3ccc(S(=O)(=O)N4CCOCC4)cn3)CC2)C1. The Balaban J connectivity index is 1.37. The molecule has 3 fully saturated rings. The zero-order chi connectivity index (χ0) is 19.8. The Kier molecular flexibility index (Phi) is 5.62. The maximum absolute atomic E-state index is 12.7. The zero-order valence-electron chi connectivity index (χ0n) is 15.7. The molecular weight excluding hydrogens is 404 g/mol. The minimum absolute atomic E-state index is 0.126. The summed E-state index contributed by atoms with van der Waals surface area (Å²) < 4.78 is 55.4. The van der Waals surface area contributed by atoms with E-state index in [0.29, 0.717) is 38.5 Å². The van der Waals surface area contributed by atoms with E-state index in [9.17, 15) is 16.8 Å². The van der Waals surface area contributed by atoms with Crippen LogP contribution in [0.4, 0.5) is 5.82 Å². The first kappa shape index (κ1) is 20.0. The van der Waals surface area contributed by atoms with Crippen molar-refractivity contribution in [3.63, 3.8) is 0 Å². The summed E-state index contributed by atoms with van der Waals surface area (Å²) in [6, 6.07) is 3.49. The third kappa shape index (κ3) is 4.18. The van der Waals surface area contributed by atoms with Crippen molar-refractivity contribution in [2.75, 3.05) is 68.9 Å². The molecule has 0 amide bonds. The van der Waals surface area contributed by atoms with E-state index >= 15 is 0 Å². The summed E-state index contributed by atoms with van der Waals surface area (Å²) in [5.41, 5.74) is 0. The molecule has 4 heterocycles. The molecule has 3 aliphatic heterocycles. The number of sulfonamides is 1. The topological polar surface area (TPSA) is 100 Å². The van der Waals surface area contributed by atoms with E-state index in [1.807, 2.05) is 0 Å². The lowest BCUT2D eigenvalue weighted by molar-refractivity contribution is 0.0730. The van der Waals surface area contributed by atoms with E-state index in [0.717, 1.165) is 32.0 Å². The van der Waals surface area contributed by atoms with Crippen molar-refractivity contribution in [2.45, 2.75) is 17.4 Å². The maximum Gasteiger partial charge on any atom is 0.244 e. The van der Waals surface area contributed by atoms with Gasteiger partial charge in [0, 0.05) is 51.5 Å². The summed E-state index contributed by atoms with van der Waals surface area (Å²) in [6.45, 7) is 4.63. The molecule has 0 aromatic carbocycles. The highest BCUT2D eigenvalue weighted by Gasteiger charge is 2.34. The van der Waals surface area contributed by atoms with Gasteiger partial charge in [-0.2, -0.15) is 4.31 Å². The highest BCUT2D eigenvalue weighted by molar-refractivity contribution is 7.91. The summed E-state index contributed by atoms with van der Waals surface area (Å²) in [7, 11) is -6.41. The van der Waals surface area contributed by atoms with E-state index in [1.165, 1.54) is 10.5 Å². The Labute approximate surface area is 166 Å². The maximum atomic E-state index is 12.7. The van der Waals surface area contributed by atoms with Gasteiger partial charge < -0.3 is 9.64 Å². The average Bonchev–Trinajstić information content (AvgIpc) is 3.09. The fourth-order valence-corrected chi connectivity index (χ4v) is 7.14. The lowest BCUT2D eigenvalue weighted by atomic mass is 10.2. The van der Waals surface area contributed by atoms with Gasteiger partial charge in [-0.05, 0) is 18.6 Å². The van der Waals surface area contributed by atoms with Gasteiger partial charge in [-0.15, -0.1) is 0 Å². The average molecular weight is 431 g/mol. The molecule has 11 heteroatoms. The Bertz CT molecular complexity index is 890. The standard InChI is InChI=1S/C17H26N4O5S2/c22-27(23)12-3-15(14-27)19-4-6-20(7-5-19)17-2-1-16(13-18-17)28(24,25)21-8-10-26-11-9-21/h1-2,13,15H,3-12,14H2. The molecule has 0 bridgehead atoms. The molecule has 28 heavy (non-hydrogen) atoms. The normalized spacial score (nSPS) is 27.1. The van der Waals surface area contributed by atoms with Gasteiger partial charge in [0.25, 0.3) is 0 Å². The number of pyridine rings is 1. The van der Waals surface area contributed by atoms with Crippen molar-refractivity contribution in [1.29, 1.82) is 0 Å². The van der Waals surface area contributed by atoms with Crippen molar-refractivity contribution in [1.82, 2.24) is 14.2 Å². The smallest absolute Gasteiger partial charge is 0.244 e. The second kappa shape index (κ2) is 7.86. The Morgan fingerprint density at radius 1 is 1.04 bits per heavy atom. The van der Waals surface area contributed by atoms with Crippen LogP contribution in [0.5, 0.6) is 0 Å². The van der Waals surface area contributed by atoms with Crippen molar-refractivity contribution in [3.05, 3.63) is 18.3 Å². The number of sulfone groups is 1. The number of ether oxygens (including phenoxy) is 1. The predicted octanol–water partition coefficient (Wildman–Crippen LogP) is -0.588. The number of morpholine rings is 1. The van der Waals surface area contributed by atoms with E-state index in [1.54, 1.807) is 12.1 Å². The minimum atomic E-state index is -3.53. The van der Waals surface area contributed by atoms with Crippen molar-refractivity contribution in [3.8, 4) is 0 Å². The lowest BCUT2D eigenvalue weighted by Crippen LogP contribution is -2.51. The number of nitrogens with zero attached hydrogens (tertiary/aromatic N) is 4. The number of hydrogen-bond donors (Lipinski definition) is 0.